The number of methoxy groups -OCH3 is 1. The van der Waals surface area contributed by atoms with E-state index in [2.05, 4.69) is 15.9 Å². The predicted molar refractivity (Wildman–Crippen MR) is 55.4 cm³/mol. The van der Waals surface area contributed by atoms with Crippen LogP contribution in [0.2, 0.25) is 0 Å². The summed E-state index contributed by atoms with van der Waals surface area (Å²) in [7, 11) is -3.48. The molecule has 0 radical (unpaired) electrons. The van der Waals surface area contributed by atoms with Gasteiger partial charge in [-0.2, -0.15) is 0 Å². The van der Waals surface area contributed by atoms with Crippen LogP contribution in [0.15, 0.2) is 22.7 Å². The van der Waals surface area contributed by atoms with Gasteiger partial charge >= 0.3 is 29.6 Å². The van der Waals surface area contributed by atoms with Crippen molar-refractivity contribution in [3.63, 3.8) is 0 Å². The summed E-state index contributed by atoms with van der Waals surface area (Å²) in [4.78, 5) is 0. The van der Waals surface area contributed by atoms with E-state index < -0.39 is 15.6 Å². The van der Waals surface area contributed by atoms with Crippen LogP contribution in [-0.2, 0) is 10.1 Å². The zero-order valence-electron chi connectivity index (χ0n) is 8.68. The maximum Gasteiger partial charge on any atom is 1.00 e. The second-order valence-corrected chi connectivity index (χ2v) is 5.08. The van der Waals surface area contributed by atoms with Crippen molar-refractivity contribution in [2.45, 2.75) is 5.44 Å². The first-order chi connectivity index (χ1) is 6.86. The normalized spacial score (nSPS) is 12.8. The fraction of sp³-hybridized carbons (Fsp3) is 0.250. The summed E-state index contributed by atoms with van der Waals surface area (Å²) < 4.78 is 37.3. The van der Waals surface area contributed by atoms with E-state index in [-0.39, 0.29) is 40.9 Å². The number of hydrogen-bond donors (Lipinski definition) is 1. The van der Waals surface area contributed by atoms with E-state index in [0.717, 1.165) is 0 Å². The van der Waals surface area contributed by atoms with Gasteiger partial charge in [0.15, 0.2) is 5.44 Å². The summed E-state index contributed by atoms with van der Waals surface area (Å²) in [5.41, 5.74) is -2.20. The molecule has 5 nitrogen and oxygen atoms in total. The van der Waals surface area contributed by atoms with Crippen molar-refractivity contribution in [1.29, 1.82) is 0 Å². The maximum atomic E-state index is 10.6. The number of ether oxygens (including phenoxy) is 1. The number of halogens is 1. The van der Waals surface area contributed by atoms with Gasteiger partial charge in [0, 0.05) is 10.0 Å². The summed E-state index contributed by atoms with van der Waals surface area (Å²) in [6.45, 7) is 0. The summed E-state index contributed by atoms with van der Waals surface area (Å²) in [6, 6.07) is 4.37. The van der Waals surface area contributed by atoms with Crippen molar-refractivity contribution in [3.8, 4) is 5.75 Å². The van der Waals surface area contributed by atoms with Crippen LogP contribution in [-0.4, -0.2) is 25.2 Å². The number of aliphatic hydroxyl groups excluding tert-OH is 1. The molecule has 1 atom stereocenters. The number of aliphatic hydroxyl groups is 1. The smallest absolute Gasteiger partial charge is 0.746 e. The average molecular weight is 319 g/mol. The van der Waals surface area contributed by atoms with Crippen LogP contribution < -0.4 is 34.3 Å². The van der Waals surface area contributed by atoms with E-state index >= 15 is 0 Å². The fourth-order valence-corrected chi connectivity index (χ4v) is 1.93. The van der Waals surface area contributed by atoms with E-state index in [1.807, 2.05) is 0 Å². The third-order valence-electron chi connectivity index (χ3n) is 1.73. The molecule has 16 heavy (non-hydrogen) atoms. The van der Waals surface area contributed by atoms with E-state index in [0.29, 0.717) is 4.47 Å². The van der Waals surface area contributed by atoms with Crippen molar-refractivity contribution in [2.24, 2.45) is 0 Å². The first kappa shape index (κ1) is 16.4. The molecule has 84 valence electrons. The zero-order chi connectivity index (χ0) is 11.6. The molecule has 0 fully saturated rings. The van der Waals surface area contributed by atoms with Crippen LogP contribution in [0.5, 0.6) is 5.75 Å². The number of hydrogen-bond acceptors (Lipinski definition) is 5. The molecule has 1 unspecified atom stereocenters. The van der Waals surface area contributed by atoms with Crippen LogP contribution in [0, 0.1) is 0 Å². The Balaban J connectivity index is 0.00000225. The molecule has 0 aliphatic heterocycles. The quantitative estimate of drug-likeness (QED) is 0.514. The molecule has 0 heterocycles. The molecule has 1 N–H and O–H groups in total. The molecule has 0 saturated carbocycles. The van der Waals surface area contributed by atoms with Crippen LogP contribution in [0.4, 0.5) is 0 Å². The first-order valence-corrected chi connectivity index (χ1v) is 6.09. The van der Waals surface area contributed by atoms with Crippen LogP contribution in [0.25, 0.3) is 0 Å². The Labute approximate surface area is 124 Å². The summed E-state index contributed by atoms with van der Waals surface area (Å²) in [5, 5.41) is 9.29. The molecule has 0 spiro atoms. The van der Waals surface area contributed by atoms with Gasteiger partial charge in [-0.25, -0.2) is 8.42 Å². The SMILES string of the molecule is COc1ccc(Br)cc1C(O)S(=O)(=O)[O-].[Na+]. The Hall–Kier alpha value is 0.370. The van der Waals surface area contributed by atoms with Gasteiger partial charge in [-0.05, 0) is 18.2 Å². The van der Waals surface area contributed by atoms with Gasteiger partial charge in [0.1, 0.15) is 15.9 Å². The minimum Gasteiger partial charge on any atom is -0.746 e. The second-order valence-electron chi connectivity index (χ2n) is 2.73. The minimum absolute atomic E-state index is 0. The summed E-state index contributed by atoms with van der Waals surface area (Å²) in [6.07, 6.45) is 0. The van der Waals surface area contributed by atoms with Gasteiger partial charge in [-0.3, -0.25) is 0 Å². The topological polar surface area (TPSA) is 86.7 Å². The Morgan fingerprint density at radius 3 is 2.50 bits per heavy atom. The number of benzene rings is 1. The van der Waals surface area contributed by atoms with E-state index in [1.54, 1.807) is 6.07 Å². The molecule has 0 bridgehead atoms. The minimum atomic E-state index is -4.80. The average Bonchev–Trinajstić information content (AvgIpc) is 2.15. The monoisotopic (exact) mass is 318 g/mol. The van der Waals surface area contributed by atoms with Crippen LogP contribution in [0.3, 0.4) is 0 Å². The van der Waals surface area contributed by atoms with Gasteiger partial charge in [-0.1, -0.05) is 15.9 Å². The molecule has 1 rings (SSSR count). The Bertz CT molecular complexity index is 461. The largest absolute Gasteiger partial charge is 1.00 e. The van der Waals surface area contributed by atoms with Crippen molar-refractivity contribution in [3.05, 3.63) is 28.2 Å². The summed E-state index contributed by atoms with van der Waals surface area (Å²) >= 11 is 3.10. The van der Waals surface area contributed by atoms with Crippen LogP contribution in [0.1, 0.15) is 11.0 Å². The molecule has 0 aromatic heterocycles. The Morgan fingerprint density at radius 1 is 1.50 bits per heavy atom. The third-order valence-corrected chi connectivity index (χ3v) is 3.03. The molecule has 1 aromatic carbocycles. The third kappa shape index (κ3) is 3.99. The summed E-state index contributed by atoms with van der Waals surface area (Å²) in [5.74, 6) is 0.144. The van der Waals surface area contributed by atoms with E-state index in [9.17, 15) is 18.1 Å². The van der Waals surface area contributed by atoms with Gasteiger partial charge in [0.05, 0.1) is 7.11 Å². The molecular weight excluding hydrogens is 311 g/mol. The van der Waals surface area contributed by atoms with Gasteiger partial charge in [0.2, 0.25) is 0 Å². The van der Waals surface area contributed by atoms with E-state index in [4.69, 9.17) is 4.74 Å². The zero-order valence-corrected chi connectivity index (χ0v) is 13.1. The number of rotatable bonds is 3. The molecule has 0 aliphatic rings. The molecule has 1 aromatic rings. The Morgan fingerprint density at radius 2 is 2.06 bits per heavy atom. The molecule has 8 heteroatoms. The van der Waals surface area contributed by atoms with Gasteiger partial charge < -0.3 is 14.4 Å². The van der Waals surface area contributed by atoms with Crippen molar-refractivity contribution in [2.75, 3.05) is 7.11 Å². The van der Waals surface area contributed by atoms with Crippen molar-refractivity contribution < 1.29 is 52.4 Å². The fourth-order valence-electron chi connectivity index (χ4n) is 1.05. The van der Waals surface area contributed by atoms with Gasteiger partial charge in [-0.15, -0.1) is 0 Å². The standard InChI is InChI=1S/C8H9BrO5S.Na/c1-14-7-3-2-5(9)4-6(7)8(10)15(11,12)13;/h2-4,8,10H,1H3,(H,11,12,13);/q;+1/p-1. The van der Waals surface area contributed by atoms with Crippen LogP contribution >= 0.6 is 15.9 Å². The molecule has 0 amide bonds. The molecular formula is C8H8BrNaO5S. The predicted octanol–water partition coefficient (Wildman–Crippen LogP) is -2.00. The molecule has 0 aliphatic carbocycles. The maximum absolute atomic E-state index is 10.6. The van der Waals surface area contributed by atoms with E-state index in [1.165, 1.54) is 19.2 Å². The second kappa shape index (κ2) is 6.34. The molecule has 0 saturated heterocycles. The first-order valence-electron chi connectivity index (χ1n) is 3.82. The van der Waals surface area contributed by atoms with Gasteiger partial charge in [0.25, 0.3) is 0 Å². The Kier molecular flexibility index (Phi) is 6.49. The van der Waals surface area contributed by atoms with Crippen molar-refractivity contribution in [1.82, 2.24) is 0 Å². The van der Waals surface area contributed by atoms with Crippen molar-refractivity contribution >= 4 is 26.0 Å².